The van der Waals surface area contributed by atoms with Crippen molar-refractivity contribution in [2.45, 2.75) is 19.4 Å². The molecule has 0 radical (unpaired) electrons. The van der Waals surface area contributed by atoms with Crippen molar-refractivity contribution in [2.75, 3.05) is 27.2 Å². The number of benzene rings is 1. The Morgan fingerprint density at radius 2 is 1.92 bits per heavy atom. The highest BCUT2D eigenvalue weighted by Gasteiger charge is 2.43. The summed E-state index contributed by atoms with van der Waals surface area (Å²) in [5.41, 5.74) is 0.256. The van der Waals surface area contributed by atoms with E-state index in [1.165, 1.54) is 24.0 Å². The topological polar surface area (TPSA) is 101 Å². The van der Waals surface area contributed by atoms with E-state index in [1.807, 2.05) is 19.0 Å². The number of phenolic OH excluding ortho intramolecular Hbond substituents is 2. The molecular weight excluding hydrogens is 312 g/mol. The lowest BCUT2D eigenvalue weighted by molar-refractivity contribution is -0.129. The van der Waals surface area contributed by atoms with Crippen LogP contribution in [0.5, 0.6) is 11.5 Å². The molecule has 0 aliphatic carbocycles. The third kappa shape index (κ3) is 3.35. The molecule has 7 heteroatoms. The minimum Gasteiger partial charge on any atom is -0.508 e. The normalized spacial score (nSPS) is 17.9. The second-order valence-corrected chi connectivity index (χ2v) is 6.12. The summed E-state index contributed by atoms with van der Waals surface area (Å²) < 4.78 is 0. The maximum Gasteiger partial charge on any atom is 0.290 e. The molecule has 0 bridgehead atoms. The lowest BCUT2D eigenvalue weighted by atomic mass is 9.95. The van der Waals surface area contributed by atoms with Crippen molar-refractivity contribution in [1.29, 1.82) is 0 Å². The van der Waals surface area contributed by atoms with Crippen LogP contribution in [0.3, 0.4) is 0 Å². The minimum absolute atomic E-state index is 0.0363. The van der Waals surface area contributed by atoms with E-state index in [4.69, 9.17) is 0 Å². The fourth-order valence-electron chi connectivity index (χ4n) is 2.89. The van der Waals surface area contributed by atoms with E-state index in [-0.39, 0.29) is 17.1 Å². The van der Waals surface area contributed by atoms with E-state index in [0.29, 0.717) is 18.5 Å². The number of aliphatic hydroxyl groups excluding tert-OH is 1. The van der Waals surface area contributed by atoms with E-state index in [1.54, 1.807) is 0 Å². The Hall–Kier alpha value is -2.54. The van der Waals surface area contributed by atoms with Crippen molar-refractivity contribution >= 4 is 11.7 Å². The molecule has 0 fully saturated rings. The third-order valence-electron chi connectivity index (χ3n) is 4.00. The van der Waals surface area contributed by atoms with Gasteiger partial charge in [0.1, 0.15) is 11.5 Å². The molecule has 1 amide bonds. The van der Waals surface area contributed by atoms with Gasteiger partial charge in [0.15, 0.2) is 11.5 Å². The zero-order valence-corrected chi connectivity index (χ0v) is 14.0. The standard InChI is InChI=1S/C17H22N2O5/c1-10(20)14-15(12-6-5-11(21)9-13(12)22)19(17(24)16(14)23)8-4-7-18(2)3/h5-6,9,15,21-23H,4,7-8H2,1-3H3. The molecule has 1 aromatic carbocycles. The van der Waals surface area contributed by atoms with Crippen LogP contribution in [0, 0.1) is 0 Å². The van der Waals surface area contributed by atoms with Gasteiger partial charge in [0.05, 0.1) is 11.6 Å². The molecule has 1 aromatic rings. The van der Waals surface area contributed by atoms with Gasteiger partial charge in [-0.05, 0) is 46.1 Å². The number of aliphatic hydroxyl groups is 1. The number of carbonyl (C=O) groups is 2. The summed E-state index contributed by atoms with van der Waals surface area (Å²) in [6, 6.07) is 3.09. The third-order valence-corrected chi connectivity index (χ3v) is 4.00. The van der Waals surface area contributed by atoms with Gasteiger partial charge in [-0.1, -0.05) is 0 Å². The summed E-state index contributed by atoms with van der Waals surface area (Å²) in [6.07, 6.45) is 0.645. The Kier molecular flexibility index (Phi) is 5.14. The second-order valence-electron chi connectivity index (χ2n) is 6.12. The van der Waals surface area contributed by atoms with Crippen molar-refractivity contribution in [1.82, 2.24) is 9.80 Å². The molecule has 7 nitrogen and oxygen atoms in total. The molecule has 1 atom stereocenters. The number of nitrogens with zero attached hydrogens (tertiary/aromatic N) is 2. The van der Waals surface area contributed by atoms with E-state index in [9.17, 15) is 24.9 Å². The molecule has 0 spiro atoms. The second kappa shape index (κ2) is 6.92. The van der Waals surface area contributed by atoms with E-state index in [0.717, 1.165) is 12.6 Å². The number of hydrogen-bond acceptors (Lipinski definition) is 6. The number of hydrogen-bond donors (Lipinski definition) is 3. The van der Waals surface area contributed by atoms with Crippen molar-refractivity contribution in [3.05, 3.63) is 35.1 Å². The van der Waals surface area contributed by atoms with Crippen molar-refractivity contribution < 1.29 is 24.9 Å². The van der Waals surface area contributed by atoms with Crippen molar-refractivity contribution in [2.24, 2.45) is 0 Å². The molecule has 1 unspecified atom stereocenters. The molecular formula is C17H22N2O5. The lowest BCUT2D eigenvalue weighted by Crippen LogP contribution is -2.33. The number of rotatable bonds is 6. The lowest BCUT2D eigenvalue weighted by Gasteiger charge is -2.27. The Labute approximate surface area is 140 Å². The summed E-state index contributed by atoms with van der Waals surface area (Å²) in [4.78, 5) is 27.7. The Balaban J connectivity index is 2.42. The zero-order valence-electron chi connectivity index (χ0n) is 14.0. The van der Waals surface area contributed by atoms with E-state index in [2.05, 4.69) is 0 Å². The first-order valence-electron chi connectivity index (χ1n) is 7.65. The summed E-state index contributed by atoms with van der Waals surface area (Å²) in [5.74, 6) is -2.01. The first-order chi connectivity index (χ1) is 11.2. The van der Waals surface area contributed by atoms with Crippen molar-refractivity contribution in [3.63, 3.8) is 0 Å². The number of carbonyl (C=O) groups excluding carboxylic acids is 2. The van der Waals surface area contributed by atoms with Gasteiger partial charge in [-0.15, -0.1) is 0 Å². The molecule has 1 aliphatic rings. The molecule has 0 saturated heterocycles. The summed E-state index contributed by atoms with van der Waals surface area (Å²) in [7, 11) is 3.82. The van der Waals surface area contributed by atoms with Gasteiger partial charge >= 0.3 is 0 Å². The predicted molar refractivity (Wildman–Crippen MR) is 87.7 cm³/mol. The molecule has 130 valence electrons. The molecule has 2 rings (SSSR count). The quantitative estimate of drug-likeness (QED) is 0.725. The smallest absolute Gasteiger partial charge is 0.290 e. The summed E-state index contributed by atoms with van der Waals surface area (Å²) in [5, 5.41) is 29.7. The van der Waals surface area contributed by atoms with E-state index < -0.39 is 23.5 Å². The highest BCUT2D eigenvalue weighted by atomic mass is 16.3. The van der Waals surface area contributed by atoms with Gasteiger partial charge in [0.25, 0.3) is 5.91 Å². The largest absolute Gasteiger partial charge is 0.508 e. The van der Waals surface area contributed by atoms with Crippen LogP contribution in [-0.2, 0) is 9.59 Å². The van der Waals surface area contributed by atoms with Gasteiger partial charge in [-0.2, -0.15) is 0 Å². The van der Waals surface area contributed by atoms with Crippen LogP contribution in [0.2, 0.25) is 0 Å². The predicted octanol–water partition coefficient (Wildman–Crippen LogP) is 1.33. The highest BCUT2D eigenvalue weighted by Crippen LogP contribution is 2.41. The molecule has 0 aromatic heterocycles. The number of aromatic hydroxyl groups is 2. The van der Waals surface area contributed by atoms with Gasteiger partial charge in [-0.3, -0.25) is 9.59 Å². The van der Waals surface area contributed by atoms with Crippen molar-refractivity contribution in [3.8, 4) is 11.5 Å². The van der Waals surface area contributed by atoms with Crippen LogP contribution in [0.1, 0.15) is 24.9 Å². The van der Waals surface area contributed by atoms with E-state index >= 15 is 0 Å². The number of phenols is 2. The number of amides is 1. The van der Waals surface area contributed by atoms with Crippen LogP contribution < -0.4 is 0 Å². The molecule has 1 aliphatic heterocycles. The Morgan fingerprint density at radius 1 is 1.25 bits per heavy atom. The van der Waals surface area contributed by atoms with Crippen LogP contribution in [-0.4, -0.2) is 64.0 Å². The van der Waals surface area contributed by atoms with Gasteiger partial charge in [-0.25, -0.2) is 0 Å². The maximum atomic E-state index is 12.4. The van der Waals surface area contributed by atoms with Crippen LogP contribution in [0.25, 0.3) is 0 Å². The fourth-order valence-corrected chi connectivity index (χ4v) is 2.89. The summed E-state index contributed by atoms with van der Waals surface area (Å²) in [6.45, 7) is 2.32. The average molecular weight is 334 g/mol. The minimum atomic E-state index is -0.863. The first kappa shape index (κ1) is 17.8. The number of Topliss-reactive ketones (excluding diaryl/α,β-unsaturated/α-hetero) is 1. The molecule has 0 saturated carbocycles. The van der Waals surface area contributed by atoms with Crippen LogP contribution in [0.4, 0.5) is 0 Å². The maximum absolute atomic E-state index is 12.4. The van der Waals surface area contributed by atoms with Crippen LogP contribution in [0.15, 0.2) is 29.5 Å². The van der Waals surface area contributed by atoms with Crippen LogP contribution >= 0.6 is 0 Å². The molecule has 24 heavy (non-hydrogen) atoms. The molecule has 3 N–H and O–H groups in total. The highest BCUT2D eigenvalue weighted by molar-refractivity contribution is 6.08. The fraction of sp³-hybridized carbons (Fsp3) is 0.412. The summed E-state index contributed by atoms with van der Waals surface area (Å²) >= 11 is 0. The average Bonchev–Trinajstić information content (AvgIpc) is 2.72. The Bertz CT molecular complexity index is 696. The number of ketones is 1. The van der Waals surface area contributed by atoms with Gasteiger partial charge in [0.2, 0.25) is 0 Å². The first-order valence-corrected chi connectivity index (χ1v) is 7.65. The SMILES string of the molecule is CC(=O)C1=C(O)C(=O)N(CCCN(C)C)C1c1ccc(O)cc1O. The van der Waals surface area contributed by atoms with Gasteiger partial charge in [0, 0.05) is 18.2 Å². The monoisotopic (exact) mass is 334 g/mol. The zero-order chi connectivity index (χ0) is 18.0. The Morgan fingerprint density at radius 3 is 2.46 bits per heavy atom. The molecule has 1 heterocycles. The van der Waals surface area contributed by atoms with Gasteiger partial charge < -0.3 is 25.1 Å².